The Morgan fingerprint density at radius 3 is 3.15 bits per heavy atom. The van der Waals surface area contributed by atoms with E-state index in [2.05, 4.69) is 0 Å². The molecule has 3 nitrogen and oxygen atoms in total. The van der Waals surface area contributed by atoms with Crippen LogP contribution >= 0.6 is 11.8 Å². The molecule has 20 heavy (non-hydrogen) atoms. The third-order valence-corrected chi connectivity index (χ3v) is 5.32. The van der Waals surface area contributed by atoms with Crippen molar-refractivity contribution in [3.63, 3.8) is 0 Å². The average Bonchev–Trinajstić information content (AvgIpc) is 2.89. The van der Waals surface area contributed by atoms with Crippen molar-refractivity contribution in [2.75, 3.05) is 18.1 Å². The van der Waals surface area contributed by atoms with Crippen LogP contribution in [-0.4, -0.2) is 36.1 Å². The van der Waals surface area contributed by atoms with E-state index < -0.39 is 0 Å². The van der Waals surface area contributed by atoms with Gasteiger partial charge >= 0.3 is 0 Å². The topological polar surface area (TPSA) is 35.5 Å². The minimum atomic E-state index is 0.0135. The lowest BCUT2D eigenvalue weighted by molar-refractivity contribution is -0.0959. The summed E-state index contributed by atoms with van der Waals surface area (Å²) in [5, 5.41) is 0. The first kappa shape index (κ1) is 14.0. The molecule has 0 radical (unpaired) electrons. The highest BCUT2D eigenvalue weighted by Gasteiger charge is 2.41. The zero-order valence-electron chi connectivity index (χ0n) is 11.8. The Kier molecular flexibility index (Phi) is 4.03. The number of benzene rings is 1. The number of hydrogen-bond donors (Lipinski definition) is 0. The summed E-state index contributed by atoms with van der Waals surface area (Å²) in [7, 11) is 0. The lowest BCUT2D eigenvalue weighted by atomic mass is 9.91. The molecule has 2 aliphatic heterocycles. The SMILES string of the molecule is Cc1ccc(OC2CCOC3(CCSC3)C2)c(C=O)c1. The molecule has 1 aromatic carbocycles. The summed E-state index contributed by atoms with van der Waals surface area (Å²) in [5.41, 5.74) is 1.74. The van der Waals surface area contributed by atoms with E-state index in [0.717, 1.165) is 43.5 Å². The predicted molar refractivity (Wildman–Crippen MR) is 80.8 cm³/mol. The number of thioether (sulfide) groups is 1. The average molecular weight is 292 g/mol. The Bertz CT molecular complexity index is 494. The second-order valence-electron chi connectivity index (χ2n) is 5.73. The van der Waals surface area contributed by atoms with Crippen LogP contribution in [0.3, 0.4) is 0 Å². The first-order valence-corrected chi connectivity index (χ1v) is 8.30. The van der Waals surface area contributed by atoms with Crippen LogP contribution in [0.1, 0.15) is 35.2 Å². The van der Waals surface area contributed by atoms with Crippen LogP contribution in [0.4, 0.5) is 0 Å². The van der Waals surface area contributed by atoms with Gasteiger partial charge in [0.2, 0.25) is 0 Å². The number of aldehydes is 1. The molecular weight excluding hydrogens is 272 g/mol. The monoisotopic (exact) mass is 292 g/mol. The summed E-state index contributed by atoms with van der Waals surface area (Å²) in [6.07, 6.45) is 3.99. The van der Waals surface area contributed by atoms with Gasteiger partial charge in [0.1, 0.15) is 11.9 Å². The van der Waals surface area contributed by atoms with Crippen LogP contribution in [-0.2, 0) is 4.74 Å². The van der Waals surface area contributed by atoms with E-state index in [1.54, 1.807) is 0 Å². The highest BCUT2D eigenvalue weighted by atomic mass is 32.2. The highest BCUT2D eigenvalue weighted by molar-refractivity contribution is 7.99. The van der Waals surface area contributed by atoms with Gasteiger partial charge in [-0.25, -0.2) is 0 Å². The van der Waals surface area contributed by atoms with Crippen molar-refractivity contribution in [3.8, 4) is 5.75 Å². The van der Waals surface area contributed by atoms with Crippen LogP contribution in [0.25, 0.3) is 0 Å². The van der Waals surface area contributed by atoms with E-state index in [1.165, 1.54) is 5.75 Å². The summed E-state index contributed by atoms with van der Waals surface area (Å²) in [6.45, 7) is 2.74. The Hall–Kier alpha value is -1.00. The van der Waals surface area contributed by atoms with Crippen molar-refractivity contribution in [3.05, 3.63) is 29.3 Å². The first-order valence-electron chi connectivity index (χ1n) is 7.15. The van der Waals surface area contributed by atoms with Gasteiger partial charge in [-0.05, 0) is 31.2 Å². The second-order valence-corrected chi connectivity index (χ2v) is 6.83. The molecule has 3 rings (SSSR count). The molecule has 2 atom stereocenters. The Balaban J connectivity index is 1.72. The summed E-state index contributed by atoms with van der Waals surface area (Å²) < 4.78 is 12.1. The van der Waals surface area contributed by atoms with E-state index in [4.69, 9.17) is 9.47 Å². The highest BCUT2D eigenvalue weighted by Crippen LogP contribution is 2.39. The van der Waals surface area contributed by atoms with Crippen LogP contribution in [0.2, 0.25) is 0 Å². The van der Waals surface area contributed by atoms with E-state index in [0.29, 0.717) is 11.3 Å². The molecule has 0 saturated carbocycles. The molecular formula is C16H20O3S. The molecule has 2 heterocycles. The standard InChI is InChI=1S/C16H20O3S/c1-12-2-3-15(13(8-12)10-17)19-14-4-6-18-16(9-14)5-7-20-11-16/h2-3,8,10,14H,4-7,9,11H2,1H3. The minimum Gasteiger partial charge on any atom is -0.489 e. The number of aryl methyl sites for hydroxylation is 1. The maximum atomic E-state index is 11.2. The Labute approximate surface area is 124 Å². The van der Waals surface area contributed by atoms with Crippen molar-refractivity contribution in [1.29, 1.82) is 0 Å². The molecule has 0 aliphatic carbocycles. The molecule has 4 heteroatoms. The van der Waals surface area contributed by atoms with E-state index in [9.17, 15) is 4.79 Å². The van der Waals surface area contributed by atoms with Crippen LogP contribution in [0.15, 0.2) is 18.2 Å². The van der Waals surface area contributed by atoms with Gasteiger partial charge < -0.3 is 9.47 Å². The zero-order chi connectivity index (χ0) is 14.0. The fraction of sp³-hybridized carbons (Fsp3) is 0.562. The van der Waals surface area contributed by atoms with Gasteiger partial charge in [0, 0.05) is 18.6 Å². The quantitative estimate of drug-likeness (QED) is 0.801. The zero-order valence-corrected chi connectivity index (χ0v) is 12.6. The Morgan fingerprint density at radius 1 is 1.50 bits per heavy atom. The molecule has 0 bridgehead atoms. The van der Waals surface area contributed by atoms with Crippen molar-refractivity contribution in [2.24, 2.45) is 0 Å². The summed E-state index contributed by atoms with van der Waals surface area (Å²) in [6, 6.07) is 5.77. The van der Waals surface area contributed by atoms with E-state index in [-0.39, 0.29) is 11.7 Å². The molecule has 2 saturated heterocycles. The van der Waals surface area contributed by atoms with E-state index >= 15 is 0 Å². The van der Waals surface area contributed by atoms with Gasteiger partial charge in [-0.15, -0.1) is 0 Å². The minimum absolute atomic E-state index is 0.0135. The lowest BCUT2D eigenvalue weighted by Gasteiger charge is -2.37. The molecule has 0 amide bonds. The fourth-order valence-corrected chi connectivity index (χ4v) is 4.37. The molecule has 1 aromatic rings. The van der Waals surface area contributed by atoms with Crippen molar-refractivity contribution in [2.45, 2.75) is 37.9 Å². The maximum Gasteiger partial charge on any atom is 0.153 e. The molecule has 2 fully saturated rings. The second kappa shape index (κ2) is 5.78. The molecule has 2 aliphatic rings. The van der Waals surface area contributed by atoms with Gasteiger partial charge in [0.25, 0.3) is 0 Å². The summed E-state index contributed by atoms with van der Waals surface area (Å²) in [4.78, 5) is 11.2. The number of rotatable bonds is 3. The number of carbonyl (C=O) groups is 1. The molecule has 108 valence electrons. The fourth-order valence-electron chi connectivity index (χ4n) is 2.99. The van der Waals surface area contributed by atoms with Gasteiger partial charge in [0.05, 0.1) is 17.8 Å². The van der Waals surface area contributed by atoms with Crippen LogP contribution in [0, 0.1) is 6.92 Å². The molecule has 2 unspecified atom stereocenters. The third-order valence-electron chi connectivity index (χ3n) is 4.10. The molecule has 0 aromatic heterocycles. The summed E-state index contributed by atoms with van der Waals surface area (Å²) in [5.74, 6) is 2.95. The lowest BCUT2D eigenvalue weighted by Crippen LogP contribution is -2.43. The van der Waals surface area contributed by atoms with Gasteiger partial charge in [0.15, 0.2) is 6.29 Å². The number of ether oxygens (including phenoxy) is 2. The predicted octanol–water partition coefficient (Wildman–Crippen LogP) is 3.24. The van der Waals surface area contributed by atoms with Gasteiger partial charge in [-0.3, -0.25) is 4.79 Å². The number of hydrogen-bond acceptors (Lipinski definition) is 4. The van der Waals surface area contributed by atoms with E-state index in [1.807, 2.05) is 36.9 Å². The van der Waals surface area contributed by atoms with Crippen LogP contribution in [0.5, 0.6) is 5.75 Å². The first-order chi connectivity index (χ1) is 9.71. The van der Waals surface area contributed by atoms with Crippen molar-refractivity contribution in [1.82, 2.24) is 0 Å². The Morgan fingerprint density at radius 2 is 2.40 bits per heavy atom. The summed E-state index contributed by atoms with van der Waals surface area (Å²) >= 11 is 1.96. The van der Waals surface area contributed by atoms with Crippen molar-refractivity contribution < 1.29 is 14.3 Å². The normalized spacial score (nSPS) is 29.6. The maximum absolute atomic E-state index is 11.2. The van der Waals surface area contributed by atoms with Gasteiger partial charge in [-0.2, -0.15) is 11.8 Å². The van der Waals surface area contributed by atoms with Crippen molar-refractivity contribution >= 4 is 18.0 Å². The van der Waals surface area contributed by atoms with Gasteiger partial charge in [-0.1, -0.05) is 11.6 Å². The van der Waals surface area contributed by atoms with Crippen LogP contribution < -0.4 is 4.74 Å². The number of carbonyl (C=O) groups excluding carboxylic acids is 1. The molecule has 0 N–H and O–H groups in total. The smallest absolute Gasteiger partial charge is 0.153 e. The third kappa shape index (κ3) is 2.86. The molecule has 1 spiro atoms. The largest absolute Gasteiger partial charge is 0.489 e.